The van der Waals surface area contributed by atoms with Crippen molar-refractivity contribution in [2.45, 2.75) is 19.4 Å². The lowest BCUT2D eigenvalue weighted by Gasteiger charge is -2.21. The molecule has 0 atom stereocenters. The van der Waals surface area contributed by atoms with Crippen molar-refractivity contribution in [3.05, 3.63) is 23.3 Å². The summed E-state index contributed by atoms with van der Waals surface area (Å²) in [5.41, 5.74) is -1.20. The van der Waals surface area contributed by atoms with E-state index in [1.165, 1.54) is 33.1 Å². The maximum absolute atomic E-state index is 10.8. The van der Waals surface area contributed by atoms with Crippen molar-refractivity contribution in [3.8, 4) is 11.5 Å². The van der Waals surface area contributed by atoms with Gasteiger partial charge >= 0.3 is 5.97 Å². The first kappa shape index (κ1) is 12.3. The molecule has 0 saturated carbocycles. The van der Waals surface area contributed by atoms with Gasteiger partial charge in [-0.2, -0.15) is 0 Å². The normalized spacial score (nSPS) is 11.2. The van der Waals surface area contributed by atoms with E-state index in [1.54, 1.807) is 0 Å². The summed E-state index contributed by atoms with van der Waals surface area (Å²) in [4.78, 5) is 10.8. The van der Waals surface area contributed by atoms with Crippen LogP contribution in [0, 0.1) is 0 Å². The van der Waals surface area contributed by atoms with E-state index in [9.17, 15) is 15.0 Å². The van der Waals surface area contributed by atoms with Gasteiger partial charge in [0.25, 0.3) is 0 Å². The molecule has 3 N–H and O–H groups in total. The molecule has 0 aliphatic carbocycles. The van der Waals surface area contributed by atoms with Crippen LogP contribution in [0.3, 0.4) is 0 Å². The Morgan fingerprint density at radius 1 is 1.38 bits per heavy atom. The monoisotopic (exact) mass is 226 g/mol. The molecule has 0 aliphatic heterocycles. The number of carboxylic acids is 1. The Kier molecular flexibility index (Phi) is 3.09. The summed E-state index contributed by atoms with van der Waals surface area (Å²) in [6.45, 7) is 3.01. The summed E-state index contributed by atoms with van der Waals surface area (Å²) < 4.78 is 4.97. The average Bonchev–Trinajstić information content (AvgIpc) is 2.14. The first-order chi connectivity index (χ1) is 7.27. The van der Waals surface area contributed by atoms with Crippen molar-refractivity contribution in [3.63, 3.8) is 0 Å². The van der Waals surface area contributed by atoms with Crippen LogP contribution < -0.4 is 4.74 Å². The minimum Gasteiger partial charge on any atom is -0.507 e. The van der Waals surface area contributed by atoms with Gasteiger partial charge in [-0.3, -0.25) is 0 Å². The summed E-state index contributed by atoms with van der Waals surface area (Å²) in [7, 11) is 1.38. The van der Waals surface area contributed by atoms with E-state index in [2.05, 4.69) is 0 Å². The molecule has 0 bridgehead atoms. The van der Waals surface area contributed by atoms with E-state index in [1.807, 2.05) is 0 Å². The lowest BCUT2D eigenvalue weighted by molar-refractivity contribution is 0.0687. The van der Waals surface area contributed by atoms with E-state index in [-0.39, 0.29) is 11.3 Å². The van der Waals surface area contributed by atoms with Gasteiger partial charge in [0.15, 0.2) is 0 Å². The topological polar surface area (TPSA) is 87.0 Å². The van der Waals surface area contributed by atoms with Gasteiger partial charge in [0.2, 0.25) is 0 Å². The highest BCUT2D eigenvalue weighted by Crippen LogP contribution is 2.34. The van der Waals surface area contributed by atoms with E-state index < -0.39 is 17.3 Å². The second-order valence-electron chi connectivity index (χ2n) is 3.93. The van der Waals surface area contributed by atoms with Gasteiger partial charge in [-0.1, -0.05) is 0 Å². The predicted octanol–water partition coefficient (Wildman–Crippen LogP) is 1.33. The predicted molar refractivity (Wildman–Crippen MR) is 56.9 cm³/mol. The zero-order chi connectivity index (χ0) is 12.5. The number of ether oxygens (including phenoxy) is 1. The third-order valence-electron chi connectivity index (χ3n) is 2.21. The number of rotatable bonds is 3. The first-order valence-corrected chi connectivity index (χ1v) is 4.64. The minimum absolute atomic E-state index is 0.245. The fourth-order valence-corrected chi connectivity index (χ4v) is 1.39. The minimum atomic E-state index is -1.26. The number of hydrogen-bond acceptors (Lipinski definition) is 4. The molecule has 0 heterocycles. The zero-order valence-electron chi connectivity index (χ0n) is 9.31. The Morgan fingerprint density at radius 2 is 1.94 bits per heavy atom. The molecule has 0 amide bonds. The smallest absolute Gasteiger partial charge is 0.339 e. The van der Waals surface area contributed by atoms with Crippen molar-refractivity contribution in [2.24, 2.45) is 0 Å². The third-order valence-corrected chi connectivity index (χ3v) is 2.21. The average molecular weight is 226 g/mol. The number of phenols is 1. The number of aliphatic hydroxyl groups is 1. The Hall–Kier alpha value is -1.75. The standard InChI is InChI=1S/C11H14O5/c1-11(2,15)7-4-6(10(13)14)8(12)5-9(7)16-3/h4-5,12,15H,1-3H3,(H,13,14). The van der Waals surface area contributed by atoms with Crippen LogP contribution in [0.5, 0.6) is 11.5 Å². The lowest BCUT2D eigenvalue weighted by atomic mass is 9.95. The van der Waals surface area contributed by atoms with Gasteiger partial charge < -0.3 is 20.1 Å². The van der Waals surface area contributed by atoms with Gasteiger partial charge in [0, 0.05) is 11.6 Å². The Morgan fingerprint density at radius 3 is 2.31 bits per heavy atom. The van der Waals surface area contributed by atoms with Crippen molar-refractivity contribution in [1.29, 1.82) is 0 Å². The maximum Gasteiger partial charge on any atom is 0.339 e. The van der Waals surface area contributed by atoms with Crippen molar-refractivity contribution in [2.75, 3.05) is 7.11 Å². The molecular formula is C11H14O5. The Balaban J connectivity index is 3.47. The maximum atomic E-state index is 10.8. The molecule has 0 aliphatic rings. The molecule has 1 rings (SSSR count). The van der Waals surface area contributed by atoms with Crippen LogP contribution in [0.15, 0.2) is 12.1 Å². The van der Waals surface area contributed by atoms with Gasteiger partial charge in [0.1, 0.15) is 17.1 Å². The number of benzene rings is 1. The highest BCUT2D eigenvalue weighted by Gasteiger charge is 2.24. The molecule has 88 valence electrons. The molecule has 1 aromatic rings. The largest absolute Gasteiger partial charge is 0.507 e. The highest BCUT2D eigenvalue weighted by atomic mass is 16.5. The molecule has 0 radical (unpaired) electrons. The van der Waals surface area contributed by atoms with E-state index >= 15 is 0 Å². The van der Waals surface area contributed by atoms with Crippen molar-refractivity contribution < 1.29 is 24.9 Å². The van der Waals surface area contributed by atoms with Gasteiger partial charge in [-0.15, -0.1) is 0 Å². The van der Waals surface area contributed by atoms with Crippen molar-refractivity contribution in [1.82, 2.24) is 0 Å². The third kappa shape index (κ3) is 2.25. The van der Waals surface area contributed by atoms with E-state index in [4.69, 9.17) is 9.84 Å². The van der Waals surface area contributed by atoms with Crippen LogP contribution in [0.2, 0.25) is 0 Å². The second-order valence-corrected chi connectivity index (χ2v) is 3.93. The summed E-state index contributed by atoms with van der Waals surface area (Å²) in [6, 6.07) is 2.38. The quantitative estimate of drug-likeness (QED) is 0.723. The number of methoxy groups -OCH3 is 1. The van der Waals surface area contributed by atoms with Crippen LogP contribution in [-0.2, 0) is 5.60 Å². The van der Waals surface area contributed by atoms with Crippen LogP contribution >= 0.6 is 0 Å². The summed E-state index contributed by atoms with van der Waals surface area (Å²) >= 11 is 0. The Bertz CT molecular complexity index is 417. The molecule has 0 fully saturated rings. The number of carboxylic acid groups (broad SMARTS) is 1. The lowest BCUT2D eigenvalue weighted by Crippen LogP contribution is -2.17. The number of aromatic carboxylic acids is 1. The van der Waals surface area contributed by atoms with Crippen molar-refractivity contribution >= 4 is 5.97 Å². The fraction of sp³-hybridized carbons (Fsp3) is 0.364. The molecule has 1 aromatic carbocycles. The summed E-state index contributed by atoms with van der Waals surface area (Å²) in [5, 5.41) is 28.1. The molecule has 5 nitrogen and oxygen atoms in total. The van der Waals surface area contributed by atoms with Gasteiger partial charge in [0.05, 0.1) is 12.7 Å². The van der Waals surface area contributed by atoms with Gasteiger partial charge in [-0.25, -0.2) is 4.79 Å². The molecular weight excluding hydrogens is 212 g/mol. The Labute approximate surface area is 92.9 Å². The molecule has 5 heteroatoms. The molecule has 0 spiro atoms. The molecule has 16 heavy (non-hydrogen) atoms. The van der Waals surface area contributed by atoms with Crippen LogP contribution in [0.1, 0.15) is 29.8 Å². The van der Waals surface area contributed by atoms with Crippen LogP contribution in [0.4, 0.5) is 0 Å². The zero-order valence-corrected chi connectivity index (χ0v) is 9.31. The first-order valence-electron chi connectivity index (χ1n) is 4.64. The van der Waals surface area contributed by atoms with Crippen LogP contribution in [0.25, 0.3) is 0 Å². The summed E-state index contributed by atoms with van der Waals surface area (Å²) in [6.07, 6.45) is 0. The van der Waals surface area contributed by atoms with E-state index in [0.717, 1.165) is 0 Å². The highest BCUT2D eigenvalue weighted by molar-refractivity contribution is 5.91. The van der Waals surface area contributed by atoms with E-state index in [0.29, 0.717) is 5.56 Å². The second kappa shape index (κ2) is 4.02. The number of aromatic hydroxyl groups is 1. The SMILES string of the molecule is COc1cc(O)c(C(=O)O)cc1C(C)(C)O. The number of carbonyl (C=O) groups is 1. The van der Waals surface area contributed by atoms with Crippen LogP contribution in [-0.4, -0.2) is 28.4 Å². The fourth-order valence-electron chi connectivity index (χ4n) is 1.39. The van der Waals surface area contributed by atoms with Gasteiger partial charge in [-0.05, 0) is 19.9 Å². The molecule has 0 unspecified atom stereocenters. The number of hydrogen-bond donors (Lipinski definition) is 3. The molecule has 0 aromatic heterocycles. The molecule has 0 saturated heterocycles. The summed E-state index contributed by atoms with van der Waals surface area (Å²) in [5.74, 6) is -1.40.